The maximum atomic E-state index is 13.9. The van der Waals surface area contributed by atoms with Crippen LogP contribution in [0.15, 0.2) is 67.0 Å². The van der Waals surface area contributed by atoms with Crippen LogP contribution < -0.4 is 10.6 Å². The van der Waals surface area contributed by atoms with E-state index in [1.54, 1.807) is 17.2 Å². The van der Waals surface area contributed by atoms with E-state index in [0.29, 0.717) is 56.1 Å². The van der Waals surface area contributed by atoms with Crippen molar-refractivity contribution in [2.45, 2.75) is 65.1 Å². The fraction of sp³-hybridized carbons (Fsp3) is 0.371. The van der Waals surface area contributed by atoms with Crippen LogP contribution in [0.1, 0.15) is 66.7 Å². The molecule has 6 rings (SSSR count). The van der Waals surface area contributed by atoms with Crippen molar-refractivity contribution in [1.29, 1.82) is 0 Å². The van der Waals surface area contributed by atoms with Gasteiger partial charge in [0.2, 0.25) is 11.8 Å². The fourth-order valence-electron chi connectivity index (χ4n) is 6.21. The predicted octanol–water partition coefficient (Wildman–Crippen LogP) is 4.48. The maximum Gasteiger partial charge on any atom is 0.253 e. The third-order valence-corrected chi connectivity index (χ3v) is 8.44. The number of benzene rings is 2. The molecule has 0 unspecified atom stereocenters. The summed E-state index contributed by atoms with van der Waals surface area (Å²) in [5.74, 6) is 0.846. The van der Waals surface area contributed by atoms with E-state index in [-0.39, 0.29) is 30.1 Å². The zero-order chi connectivity index (χ0) is 32.2. The van der Waals surface area contributed by atoms with E-state index < -0.39 is 12.1 Å². The molecule has 1 aliphatic rings. The number of aromatic amines is 1. The first-order chi connectivity index (χ1) is 22.2. The maximum absolute atomic E-state index is 13.9. The van der Waals surface area contributed by atoms with Crippen LogP contribution in [-0.4, -0.2) is 66.5 Å². The summed E-state index contributed by atoms with van der Waals surface area (Å²) in [7, 11) is 0. The van der Waals surface area contributed by atoms with Gasteiger partial charge in [-0.1, -0.05) is 38.1 Å². The van der Waals surface area contributed by atoms with Crippen LogP contribution in [0.5, 0.6) is 0 Å². The molecule has 0 radical (unpaired) electrons. The lowest BCUT2D eigenvalue weighted by Gasteiger charge is -2.27. The van der Waals surface area contributed by atoms with Gasteiger partial charge >= 0.3 is 0 Å². The number of hydrogen-bond acceptors (Lipinski definition) is 6. The standard InChI is InChI=1S/C35H40N8O3/c1-22(2)18-30-33-38-23(3)41-43(33)17-16-42(35(46)25-12-13-28-24(19-25)8-6-14-36-28)15-7-11-32(44)39-31(34(45)40-30)20-26-21-37-29-10-5-4-9-27(26)29/h4-6,8-10,12-14,19,21-22,30-31,37H,7,11,15-18,20H2,1-3H3,(H,39,44)(H,40,45)/t30-,31+/m0/s1. The van der Waals surface area contributed by atoms with Gasteiger partial charge in [-0.2, -0.15) is 5.10 Å². The molecule has 11 nitrogen and oxygen atoms in total. The van der Waals surface area contributed by atoms with Gasteiger partial charge in [-0.15, -0.1) is 0 Å². The Bertz CT molecular complexity index is 1880. The molecule has 2 aromatic carbocycles. The van der Waals surface area contributed by atoms with Crippen molar-refractivity contribution in [2.75, 3.05) is 13.1 Å². The minimum absolute atomic E-state index is 0.124. The molecule has 46 heavy (non-hydrogen) atoms. The second kappa shape index (κ2) is 13.5. The zero-order valence-electron chi connectivity index (χ0n) is 26.5. The van der Waals surface area contributed by atoms with E-state index in [9.17, 15) is 14.4 Å². The SMILES string of the molecule is Cc1nc2n(n1)CCN(C(=O)c1ccc3ncccc3c1)CCCC(=O)N[C@H](Cc1c[nH]c3ccccc13)C(=O)N[C@H]2CC(C)C. The molecule has 0 fully saturated rings. The van der Waals surface area contributed by atoms with E-state index >= 15 is 0 Å². The molecule has 5 aromatic rings. The van der Waals surface area contributed by atoms with Gasteiger partial charge in [0.1, 0.15) is 17.7 Å². The highest BCUT2D eigenvalue weighted by Crippen LogP contribution is 2.23. The Morgan fingerprint density at radius 2 is 1.85 bits per heavy atom. The number of H-pyrrole nitrogens is 1. The van der Waals surface area contributed by atoms with Crippen molar-refractivity contribution in [3.05, 3.63) is 89.8 Å². The number of nitrogens with one attached hydrogen (secondary N) is 3. The van der Waals surface area contributed by atoms with Gasteiger partial charge in [0, 0.05) is 60.2 Å². The molecule has 2 atom stereocenters. The van der Waals surface area contributed by atoms with Crippen LogP contribution in [0.4, 0.5) is 0 Å². The van der Waals surface area contributed by atoms with E-state index in [4.69, 9.17) is 4.98 Å². The second-order valence-electron chi connectivity index (χ2n) is 12.4. The van der Waals surface area contributed by atoms with Gasteiger partial charge < -0.3 is 20.5 Å². The summed E-state index contributed by atoms with van der Waals surface area (Å²) in [6.07, 6.45) is 5.19. The van der Waals surface area contributed by atoms with E-state index in [1.165, 1.54) is 0 Å². The van der Waals surface area contributed by atoms with Crippen LogP contribution in [0.2, 0.25) is 0 Å². The largest absolute Gasteiger partial charge is 0.361 e. The van der Waals surface area contributed by atoms with Gasteiger partial charge in [0.15, 0.2) is 0 Å². The molecule has 238 valence electrons. The van der Waals surface area contributed by atoms with Crippen LogP contribution in [0.25, 0.3) is 21.8 Å². The van der Waals surface area contributed by atoms with Crippen LogP contribution in [0.3, 0.4) is 0 Å². The third kappa shape index (κ3) is 6.93. The van der Waals surface area contributed by atoms with Crippen LogP contribution in [0, 0.1) is 12.8 Å². The summed E-state index contributed by atoms with van der Waals surface area (Å²) in [5.41, 5.74) is 3.29. The molecule has 0 saturated carbocycles. The van der Waals surface area contributed by atoms with Crippen LogP contribution >= 0.6 is 0 Å². The van der Waals surface area contributed by atoms with Crippen molar-refractivity contribution >= 4 is 39.5 Å². The number of carbonyl (C=O) groups excluding carboxylic acids is 3. The Kier molecular flexibility index (Phi) is 9.09. The number of nitrogens with zero attached hydrogens (tertiary/aromatic N) is 5. The summed E-state index contributed by atoms with van der Waals surface area (Å²) >= 11 is 0. The van der Waals surface area contributed by atoms with Crippen LogP contribution in [-0.2, 0) is 22.6 Å². The van der Waals surface area contributed by atoms with Gasteiger partial charge in [-0.05, 0) is 61.6 Å². The quantitative estimate of drug-likeness (QED) is 0.265. The Balaban J connectivity index is 1.31. The molecule has 0 spiro atoms. The van der Waals surface area contributed by atoms with Gasteiger partial charge in [0.05, 0.1) is 18.1 Å². The monoisotopic (exact) mass is 620 g/mol. The smallest absolute Gasteiger partial charge is 0.253 e. The highest BCUT2D eigenvalue weighted by Gasteiger charge is 2.29. The minimum atomic E-state index is -0.800. The van der Waals surface area contributed by atoms with Crippen molar-refractivity contribution in [3.63, 3.8) is 0 Å². The third-order valence-electron chi connectivity index (χ3n) is 8.44. The van der Waals surface area contributed by atoms with Crippen molar-refractivity contribution in [1.82, 2.24) is 40.3 Å². The zero-order valence-corrected chi connectivity index (χ0v) is 26.5. The summed E-state index contributed by atoms with van der Waals surface area (Å²) in [6, 6.07) is 16.0. The van der Waals surface area contributed by atoms with E-state index in [0.717, 1.165) is 27.4 Å². The lowest BCUT2D eigenvalue weighted by Crippen LogP contribution is -2.49. The van der Waals surface area contributed by atoms with Crippen molar-refractivity contribution < 1.29 is 14.4 Å². The Labute approximate surface area is 267 Å². The lowest BCUT2D eigenvalue weighted by atomic mass is 10.0. The highest BCUT2D eigenvalue weighted by atomic mass is 16.2. The molecular weight excluding hydrogens is 580 g/mol. The van der Waals surface area contributed by atoms with Gasteiger partial charge in [-0.25, -0.2) is 9.67 Å². The average molecular weight is 621 g/mol. The van der Waals surface area contributed by atoms with Crippen molar-refractivity contribution in [2.24, 2.45) is 5.92 Å². The summed E-state index contributed by atoms with van der Waals surface area (Å²) in [5, 5.41) is 12.8. The number of para-hydroxylation sites is 1. The normalized spacial score (nSPS) is 18.3. The van der Waals surface area contributed by atoms with Crippen molar-refractivity contribution in [3.8, 4) is 0 Å². The number of aryl methyl sites for hydroxylation is 1. The molecule has 0 bridgehead atoms. The molecule has 11 heteroatoms. The number of carbonyl (C=O) groups is 3. The molecular formula is C35H40N8O3. The summed E-state index contributed by atoms with van der Waals surface area (Å²) in [4.78, 5) is 55.3. The summed E-state index contributed by atoms with van der Waals surface area (Å²) in [6.45, 7) is 7.15. The van der Waals surface area contributed by atoms with Gasteiger partial charge in [-0.3, -0.25) is 19.4 Å². The molecule has 3 N–H and O–H groups in total. The molecule has 0 aliphatic carbocycles. The molecule has 4 heterocycles. The second-order valence-corrected chi connectivity index (χ2v) is 12.4. The number of aromatic nitrogens is 5. The highest BCUT2D eigenvalue weighted by molar-refractivity contribution is 5.98. The first-order valence-corrected chi connectivity index (χ1v) is 16.0. The fourth-order valence-corrected chi connectivity index (χ4v) is 6.21. The lowest BCUT2D eigenvalue weighted by molar-refractivity contribution is -0.129. The number of amides is 3. The predicted molar refractivity (Wildman–Crippen MR) is 176 cm³/mol. The topological polar surface area (TPSA) is 138 Å². The first-order valence-electron chi connectivity index (χ1n) is 16.0. The van der Waals surface area contributed by atoms with E-state index in [1.807, 2.05) is 66.3 Å². The number of pyridine rings is 1. The molecule has 1 aliphatic heterocycles. The first kappa shape index (κ1) is 30.9. The number of rotatable bonds is 5. The molecule has 0 saturated heterocycles. The number of hydrogen-bond donors (Lipinski definition) is 3. The average Bonchev–Trinajstić information content (AvgIpc) is 3.63. The summed E-state index contributed by atoms with van der Waals surface area (Å²) < 4.78 is 1.81. The Morgan fingerprint density at radius 1 is 1.00 bits per heavy atom. The molecule has 3 aromatic heterocycles. The van der Waals surface area contributed by atoms with E-state index in [2.05, 4.69) is 39.5 Å². The minimum Gasteiger partial charge on any atom is -0.361 e. The molecule has 3 amide bonds. The number of fused-ring (bicyclic) bond motifs is 3. The Morgan fingerprint density at radius 3 is 2.70 bits per heavy atom. The van der Waals surface area contributed by atoms with Gasteiger partial charge in [0.25, 0.3) is 5.91 Å². The Hall–Kier alpha value is -5.06.